The van der Waals surface area contributed by atoms with Crippen molar-refractivity contribution in [3.8, 4) is 0 Å². The maximum Gasteiger partial charge on any atom is 0.343 e. The molecule has 2 unspecified atom stereocenters. The quantitative estimate of drug-likeness (QED) is 0.304. The monoisotopic (exact) mass is 602 g/mol. The number of carbonyl (C=O) groups is 1. The Balaban J connectivity index is 1.54. The van der Waals surface area contributed by atoms with Gasteiger partial charge in [-0.15, -0.1) is 0 Å². The molecule has 11 heteroatoms. The molecule has 0 saturated carbocycles. The van der Waals surface area contributed by atoms with Crippen molar-refractivity contribution in [1.29, 1.82) is 0 Å². The van der Waals surface area contributed by atoms with Crippen molar-refractivity contribution in [2.45, 2.75) is 166 Å². The topological polar surface area (TPSA) is 111 Å². The third kappa shape index (κ3) is 6.88. The molecular weight excluding hydrogens is 548 g/mol. The van der Waals surface area contributed by atoms with E-state index in [9.17, 15) is 9.90 Å². The van der Waals surface area contributed by atoms with Crippen LogP contribution in [0, 0.1) is 5.41 Å². The molecule has 4 aliphatic heterocycles. The molecule has 0 bridgehead atoms. The van der Waals surface area contributed by atoms with E-state index in [4.69, 9.17) is 37.3 Å². The summed E-state index contributed by atoms with van der Waals surface area (Å²) in [7, 11) is -0.971. The molecule has 4 heterocycles. The average molecular weight is 603 g/mol. The Kier molecular flexibility index (Phi) is 10.1. The fourth-order valence-corrected chi connectivity index (χ4v) is 10.4. The highest BCUT2D eigenvalue weighted by Crippen LogP contribution is 2.45. The molecule has 10 atom stereocenters. The third-order valence-electron chi connectivity index (χ3n) is 9.03. The maximum absolute atomic E-state index is 12.5. The van der Waals surface area contributed by atoms with Gasteiger partial charge < -0.3 is 42.4 Å². The summed E-state index contributed by atoms with van der Waals surface area (Å²) in [5.74, 6) is -0.936. The number of fused-ring (bicyclic) bond motifs is 2. The van der Waals surface area contributed by atoms with Crippen molar-refractivity contribution in [2.24, 2.45) is 5.41 Å². The van der Waals surface area contributed by atoms with Gasteiger partial charge in [0.25, 0.3) is 0 Å². The first-order chi connectivity index (χ1) is 19.0. The Labute approximate surface area is 247 Å². The summed E-state index contributed by atoms with van der Waals surface area (Å²) in [4.78, 5) is 12.5. The van der Waals surface area contributed by atoms with E-state index >= 15 is 0 Å². The van der Waals surface area contributed by atoms with E-state index in [2.05, 4.69) is 27.7 Å². The minimum Gasteiger partial charge on any atom is -0.460 e. The Morgan fingerprint density at radius 2 is 1.66 bits per heavy atom. The van der Waals surface area contributed by atoms with Gasteiger partial charge in [0.15, 0.2) is 5.79 Å². The molecule has 0 aromatic rings. The van der Waals surface area contributed by atoms with Crippen LogP contribution < -0.4 is 0 Å². The summed E-state index contributed by atoms with van der Waals surface area (Å²) in [5, 5.41) is 11.7. The number of ether oxygens (including phenoxy) is 6. The second kappa shape index (κ2) is 12.4. The summed E-state index contributed by atoms with van der Waals surface area (Å²) >= 11 is 0. The zero-order valence-electron chi connectivity index (χ0n) is 26.9. The van der Waals surface area contributed by atoms with Crippen molar-refractivity contribution in [2.75, 3.05) is 13.7 Å². The molecule has 0 aliphatic carbocycles. The first kappa shape index (κ1) is 33.3. The molecule has 4 rings (SSSR count). The first-order valence-corrected chi connectivity index (χ1v) is 17.4. The Hall–Kier alpha value is -0.633. The third-order valence-corrected chi connectivity index (χ3v) is 13.5. The molecular formula is C30H54O10Si. The minimum atomic E-state index is -2.71. The van der Waals surface area contributed by atoms with Crippen LogP contribution in [-0.4, -0.2) is 100 Å². The number of carbonyl (C=O) groups excluding carboxylic acids is 1. The summed E-state index contributed by atoms with van der Waals surface area (Å²) in [6, 6.07) is 0. The van der Waals surface area contributed by atoms with Gasteiger partial charge in [0, 0.05) is 13.5 Å². The highest BCUT2D eigenvalue weighted by molar-refractivity contribution is 6.70. The van der Waals surface area contributed by atoms with Crippen LogP contribution >= 0.6 is 0 Å². The Morgan fingerprint density at radius 1 is 1.00 bits per heavy atom. The number of hydrogen-bond acceptors (Lipinski definition) is 10. The summed E-state index contributed by atoms with van der Waals surface area (Å²) in [5.41, 5.74) is -0.229. The van der Waals surface area contributed by atoms with E-state index in [1.54, 1.807) is 7.11 Å². The minimum absolute atomic E-state index is 0.170. The number of esters is 1. The number of aliphatic hydroxyl groups is 1. The van der Waals surface area contributed by atoms with E-state index in [0.717, 1.165) is 0 Å². The number of rotatable bonds is 9. The van der Waals surface area contributed by atoms with Crippen molar-refractivity contribution in [3.63, 3.8) is 0 Å². The molecule has 0 aromatic carbocycles. The van der Waals surface area contributed by atoms with Crippen LogP contribution in [0.4, 0.5) is 0 Å². The summed E-state index contributed by atoms with van der Waals surface area (Å²) < 4.78 is 50.6. The van der Waals surface area contributed by atoms with Gasteiger partial charge in [-0.1, -0.05) is 27.7 Å². The molecule has 0 radical (unpaired) electrons. The summed E-state index contributed by atoms with van der Waals surface area (Å²) in [6.07, 6.45) is -2.92. The van der Waals surface area contributed by atoms with Crippen LogP contribution in [0.15, 0.2) is 0 Å². The van der Waals surface area contributed by atoms with Crippen LogP contribution in [0.1, 0.15) is 88.5 Å². The number of hydrogen-bond donors (Lipinski definition) is 1. The largest absolute Gasteiger partial charge is 0.460 e. The van der Waals surface area contributed by atoms with Gasteiger partial charge in [-0.3, -0.25) is 4.79 Å². The molecule has 0 amide bonds. The second-order valence-electron chi connectivity index (χ2n) is 14.3. The predicted octanol–water partition coefficient (Wildman–Crippen LogP) is 4.24. The molecule has 0 spiro atoms. The normalized spacial score (nSPS) is 38.1. The van der Waals surface area contributed by atoms with E-state index < -0.39 is 56.4 Å². The molecule has 238 valence electrons. The Morgan fingerprint density at radius 3 is 2.20 bits per heavy atom. The van der Waals surface area contributed by atoms with Crippen molar-refractivity contribution < 1.29 is 47.2 Å². The zero-order chi connectivity index (χ0) is 30.5. The summed E-state index contributed by atoms with van der Waals surface area (Å²) in [6.45, 7) is 20.2. The van der Waals surface area contributed by atoms with Gasteiger partial charge in [-0.05, 0) is 65.5 Å². The fourth-order valence-electron chi connectivity index (χ4n) is 6.78. The number of aliphatic hydroxyl groups excluding tert-OH is 1. The lowest BCUT2D eigenvalue weighted by atomic mass is 9.87. The van der Waals surface area contributed by atoms with Gasteiger partial charge >= 0.3 is 14.5 Å². The smallest absolute Gasteiger partial charge is 0.343 e. The highest BCUT2D eigenvalue weighted by atomic mass is 28.4. The zero-order valence-corrected chi connectivity index (χ0v) is 27.9. The lowest BCUT2D eigenvalue weighted by Gasteiger charge is -2.48. The van der Waals surface area contributed by atoms with E-state index in [1.807, 2.05) is 41.5 Å². The van der Waals surface area contributed by atoms with Crippen LogP contribution in [0.3, 0.4) is 0 Å². The molecule has 10 nitrogen and oxygen atoms in total. The molecule has 1 N–H and O–H groups in total. The molecule has 4 fully saturated rings. The van der Waals surface area contributed by atoms with Gasteiger partial charge in [0.2, 0.25) is 0 Å². The van der Waals surface area contributed by atoms with Crippen LogP contribution in [0.2, 0.25) is 11.1 Å². The van der Waals surface area contributed by atoms with E-state index in [1.165, 1.54) is 0 Å². The highest BCUT2D eigenvalue weighted by Gasteiger charge is 2.61. The lowest BCUT2D eigenvalue weighted by molar-refractivity contribution is -0.268. The molecule has 4 saturated heterocycles. The van der Waals surface area contributed by atoms with Crippen molar-refractivity contribution in [1.82, 2.24) is 0 Å². The predicted molar refractivity (Wildman–Crippen MR) is 154 cm³/mol. The van der Waals surface area contributed by atoms with Gasteiger partial charge in [-0.2, -0.15) is 0 Å². The second-order valence-corrected chi connectivity index (χ2v) is 18.7. The molecule has 0 aromatic heterocycles. The van der Waals surface area contributed by atoms with E-state index in [0.29, 0.717) is 25.9 Å². The van der Waals surface area contributed by atoms with Crippen LogP contribution in [0.25, 0.3) is 0 Å². The lowest BCUT2D eigenvalue weighted by Crippen LogP contribution is -2.63. The Bertz CT molecular complexity index is 896. The standard InChI is InChI=1S/C30H54O10Si/c1-16(2)41(33-11,17(3)4)40-25-22(14-19-15-34-30(9,10)39-19)38-26-23(31)24-21(37-27(25)26)13-12-20(36-24)18(5)35-28(32)29(6,7)8/h16-27,31H,12-15H2,1-11H3/t18?,19?,20-,21+,22-,23-,24+,25+,26+,27+/m1/s1. The molecule has 41 heavy (non-hydrogen) atoms. The van der Waals surface area contributed by atoms with Crippen molar-refractivity contribution >= 4 is 14.5 Å². The SMILES string of the molecule is CO[Si](O[C@@H]1[C@@H]2O[C@H]3CC[C@H](C(C)OC(=O)C(C)(C)C)O[C@@H]3[C@@H](O)[C@@H]2O[C@@H]1CC1COC(C)(C)O1)(C(C)C)C(C)C. The van der Waals surface area contributed by atoms with Crippen molar-refractivity contribution in [3.05, 3.63) is 0 Å². The van der Waals surface area contributed by atoms with E-state index in [-0.39, 0.29) is 41.5 Å². The van der Waals surface area contributed by atoms with Gasteiger partial charge in [0.1, 0.15) is 36.6 Å². The van der Waals surface area contributed by atoms with Gasteiger partial charge in [0.05, 0.1) is 36.4 Å². The van der Waals surface area contributed by atoms with Crippen LogP contribution in [-0.2, 0) is 42.1 Å². The fraction of sp³-hybridized carbons (Fsp3) is 0.967. The first-order valence-electron chi connectivity index (χ1n) is 15.4. The van der Waals surface area contributed by atoms with Crippen LogP contribution in [0.5, 0.6) is 0 Å². The molecule has 4 aliphatic rings. The van der Waals surface area contributed by atoms with Gasteiger partial charge in [-0.25, -0.2) is 0 Å². The maximum atomic E-state index is 12.5. The average Bonchev–Trinajstić information content (AvgIpc) is 3.39.